The van der Waals surface area contributed by atoms with E-state index in [0.29, 0.717) is 5.69 Å². The van der Waals surface area contributed by atoms with Crippen molar-refractivity contribution in [2.45, 2.75) is 13.5 Å². The third-order valence-corrected chi connectivity index (χ3v) is 3.95. The van der Waals surface area contributed by atoms with Gasteiger partial charge in [0.2, 0.25) is 0 Å². The van der Waals surface area contributed by atoms with Crippen LogP contribution in [-0.2, 0) is 11.3 Å². The molecule has 2 amide bonds. The van der Waals surface area contributed by atoms with Crippen LogP contribution in [0.25, 0.3) is 0 Å². The normalized spacial score (nSPS) is 10.5. The van der Waals surface area contributed by atoms with Crippen LogP contribution in [0.2, 0.25) is 5.02 Å². The topological polar surface area (TPSA) is 130 Å². The first kappa shape index (κ1) is 19.2. The van der Waals surface area contributed by atoms with Crippen LogP contribution in [0.3, 0.4) is 0 Å². The molecular weight excluding hydrogens is 393 g/mol. The average Bonchev–Trinajstić information content (AvgIpc) is 3.31. The zero-order chi connectivity index (χ0) is 20.3. The SMILES string of the molecule is Cc1oc(C(=O)C(=O)NCc2cn[nH]n2)cc1C(=O)Nc1ccc(F)c(Cl)c1. The first-order chi connectivity index (χ1) is 13.3. The Hall–Kier alpha value is -3.53. The zero-order valence-electron chi connectivity index (χ0n) is 14.4. The number of hydrogen-bond acceptors (Lipinski definition) is 6. The number of ketones is 1. The number of halogens is 2. The third kappa shape index (κ3) is 4.23. The third-order valence-electron chi connectivity index (χ3n) is 3.66. The van der Waals surface area contributed by atoms with Crippen molar-refractivity contribution in [3.8, 4) is 0 Å². The molecule has 0 fully saturated rings. The lowest BCUT2D eigenvalue weighted by Gasteiger charge is -2.05. The Kier molecular flexibility index (Phi) is 5.50. The number of furan rings is 1. The first-order valence-electron chi connectivity index (χ1n) is 7.89. The van der Waals surface area contributed by atoms with E-state index in [9.17, 15) is 18.8 Å². The van der Waals surface area contributed by atoms with Gasteiger partial charge in [0.15, 0.2) is 5.76 Å². The molecule has 3 rings (SSSR count). The van der Waals surface area contributed by atoms with Gasteiger partial charge in [0.1, 0.15) is 17.3 Å². The van der Waals surface area contributed by atoms with Crippen LogP contribution in [0.5, 0.6) is 0 Å². The van der Waals surface area contributed by atoms with E-state index in [4.69, 9.17) is 16.0 Å². The predicted octanol–water partition coefficient (Wildman–Crippen LogP) is 2.25. The van der Waals surface area contributed by atoms with Crippen LogP contribution >= 0.6 is 11.6 Å². The largest absolute Gasteiger partial charge is 0.457 e. The molecule has 0 aliphatic rings. The van der Waals surface area contributed by atoms with Gasteiger partial charge >= 0.3 is 0 Å². The summed E-state index contributed by atoms with van der Waals surface area (Å²) in [4.78, 5) is 36.5. The highest BCUT2D eigenvalue weighted by Gasteiger charge is 2.24. The summed E-state index contributed by atoms with van der Waals surface area (Å²) >= 11 is 5.68. The van der Waals surface area contributed by atoms with Gasteiger partial charge in [-0.05, 0) is 25.1 Å². The van der Waals surface area contributed by atoms with Crippen molar-refractivity contribution in [3.05, 3.63) is 64.1 Å². The number of nitrogens with zero attached hydrogens (tertiary/aromatic N) is 2. The van der Waals surface area contributed by atoms with Crippen molar-refractivity contribution in [2.24, 2.45) is 0 Å². The summed E-state index contributed by atoms with van der Waals surface area (Å²) in [5.74, 6) is -3.25. The zero-order valence-corrected chi connectivity index (χ0v) is 15.1. The highest BCUT2D eigenvalue weighted by Crippen LogP contribution is 2.21. The van der Waals surface area contributed by atoms with Gasteiger partial charge in [-0.3, -0.25) is 14.4 Å². The van der Waals surface area contributed by atoms with Crippen molar-refractivity contribution < 1.29 is 23.2 Å². The van der Waals surface area contributed by atoms with Gasteiger partial charge < -0.3 is 15.1 Å². The molecule has 11 heteroatoms. The Balaban J connectivity index is 1.69. The molecule has 3 aromatic rings. The predicted molar refractivity (Wildman–Crippen MR) is 95.4 cm³/mol. The lowest BCUT2D eigenvalue weighted by molar-refractivity contribution is -0.117. The molecule has 0 aliphatic heterocycles. The van der Waals surface area contributed by atoms with E-state index < -0.39 is 23.4 Å². The Morgan fingerprint density at radius 3 is 2.75 bits per heavy atom. The number of carbonyl (C=O) groups excluding carboxylic acids is 3. The summed E-state index contributed by atoms with van der Waals surface area (Å²) in [5, 5.41) is 14.4. The number of anilines is 1. The van der Waals surface area contributed by atoms with E-state index in [0.717, 1.165) is 12.1 Å². The second kappa shape index (κ2) is 8.01. The highest BCUT2D eigenvalue weighted by atomic mass is 35.5. The molecule has 0 aliphatic carbocycles. The monoisotopic (exact) mass is 405 g/mol. The lowest BCUT2D eigenvalue weighted by atomic mass is 10.2. The van der Waals surface area contributed by atoms with Crippen LogP contribution in [-0.4, -0.2) is 33.0 Å². The standard InChI is InChI=1S/C17H13ClFN5O4/c1-8-11(16(26)22-9-2-3-13(19)12(18)4-9)5-14(28-8)15(25)17(27)20-6-10-7-21-24-23-10/h2-5,7H,6H2,1H3,(H,20,27)(H,22,26)(H,21,23,24). The smallest absolute Gasteiger partial charge is 0.296 e. The van der Waals surface area contributed by atoms with Crippen molar-refractivity contribution in [2.75, 3.05) is 5.32 Å². The van der Waals surface area contributed by atoms with Crippen molar-refractivity contribution in [1.82, 2.24) is 20.7 Å². The lowest BCUT2D eigenvalue weighted by Crippen LogP contribution is -2.30. The minimum atomic E-state index is -0.949. The quantitative estimate of drug-likeness (QED) is 0.426. The number of aromatic amines is 1. The summed E-state index contributed by atoms with van der Waals surface area (Å²) in [6, 6.07) is 4.84. The Morgan fingerprint density at radius 2 is 2.07 bits per heavy atom. The fraction of sp³-hybridized carbons (Fsp3) is 0.118. The molecule has 0 saturated heterocycles. The van der Waals surface area contributed by atoms with Gasteiger partial charge in [0, 0.05) is 11.8 Å². The molecule has 3 N–H and O–H groups in total. The van der Waals surface area contributed by atoms with Crippen molar-refractivity contribution in [1.29, 1.82) is 0 Å². The molecule has 0 atom stereocenters. The molecule has 0 unspecified atom stereocenters. The molecule has 0 spiro atoms. The maximum Gasteiger partial charge on any atom is 0.296 e. The van der Waals surface area contributed by atoms with Gasteiger partial charge in [-0.2, -0.15) is 15.4 Å². The summed E-state index contributed by atoms with van der Waals surface area (Å²) in [6.07, 6.45) is 1.39. The molecule has 2 aromatic heterocycles. The van der Waals surface area contributed by atoms with Crippen molar-refractivity contribution >= 4 is 34.9 Å². The van der Waals surface area contributed by atoms with Gasteiger partial charge in [-0.15, -0.1) is 0 Å². The average molecular weight is 406 g/mol. The number of aryl methyl sites for hydroxylation is 1. The fourth-order valence-electron chi connectivity index (χ4n) is 2.27. The van der Waals surface area contributed by atoms with E-state index in [1.807, 2.05) is 0 Å². The summed E-state index contributed by atoms with van der Waals surface area (Å²) < 4.78 is 18.4. The number of amides is 2. The molecule has 28 heavy (non-hydrogen) atoms. The number of benzene rings is 1. The van der Waals surface area contributed by atoms with Crippen LogP contribution in [0, 0.1) is 12.7 Å². The molecule has 9 nitrogen and oxygen atoms in total. The number of carbonyl (C=O) groups is 3. The van der Waals surface area contributed by atoms with Crippen LogP contribution in [0.15, 0.2) is 34.9 Å². The number of nitrogens with one attached hydrogen (secondary N) is 3. The summed E-state index contributed by atoms with van der Waals surface area (Å²) in [7, 11) is 0. The Morgan fingerprint density at radius 1 is 1.29 bits per heavy atom. The minimum absolute atomic E-state index is 0.000562. The summed E-state index contributed by atoms with van der Waals surface area (Å²) in [6.45, 7) is 1.47. The number of Topliss-reactive ketones (excluding diaryl/α,β-unsaturated/α-hetero) is 1. The fourth-order valence-corrected chi connectivity index (χ4v) is 2.45. The van der Waals surface area contributed by atoms with E-state index >= 15 is 0 Å². The van der Waals surface area contributed by atoms with Gasteiger partial charge in [0.25, 0.3) is 17.6 Å². The maximum absolute atomic E-state index is 13.2. The summed E-state index contributed by atoms with van der Waals surface area (Å²) in [5.41, 5.74) is 0.748. The van der Waals surface area contributed by atoms with Crippen LogP contribution in [0.1, 0.15) is 32.4 Å². The number of rotatable bonds is 6. The second-order valence-electron chi connectivity index (χ2n) is 5.64. The van der Waals surface area contributed by atoms with E-state index in [-0.39, 0.29) is 34.3 Å². The van der Waals surface area contributed by atoms with Crippen molar-refractivity contribution in [3.63, 3.8) is 0 Å². The number of hydrogen-bond donors (Lipinski definition) is 3. The first-order valence-corrected chi connectivity index (χ1v) is 8.27. The molecule has 0 saturated carbocycles. The minimum Gasteiger partial charge on any atom is -0.457 e. The Labute approximate surface area is 162 Å². The van der Waals surface area contributed by atoms with Gasteiger partial charge in [0.05, 0.1) is 23.3 Å². The molecule has 1 aromatic carbocycles. The molecule has 2 heterocycles. The van der Waals surface area contributed by atoms with Gasteiger partial charge in [-0.1, -0.05) is 11.6 Å². The highest BCUT2D eigenvalue weighted by molar-refractivity contribution is 6.42. The molecule has 0 radical (unpaired) electrons. The molecular formula is C17H13ClFN5O4. The van der Waals surface area contributed by atoms with E-state index in [2.05, 4.69) is 26.0 Å². The van der Waals surface area contributed by atoms with Crippen LogP contribution < -0.4 is 10.6 Å². The van der Waals surface area contributed by atoms with E-state index in [1.54, 1.807) is 0 Å². The second-order valence-corrected chi connectivity index (χ2v) is 6.04. The maximum atomic E-state index is 13.2. The van der Waals surface area contributed by atoms with Gasteiger partial charge in [-0.25, -0.2) is 4.39 Å². The molecule has 144 valence electrons. The van der Waals surface area contributed by atoms with Crippen LogP contribution in [0.4, 0.5) is 10.1 Å². The molecule has 0 bridgehead atoms. The van der Waals surface area contributed by atoms with E-state index in [1.165, 1.54) is 25.3 Å². The number of H-pyrrole nitrogens is 1. The Bertz CT molecular complexity index is 1050. The number of aromatic nitrogens is 3.